The van der Waals surface area contributed by atoms with Gasteiger partial charge in [-0.3, -0.25) is 0 Å². The standard InChI is InChI=1S/C14H20O/c1-3-5-11-14(15)13(4-2)12-9-7-6-8-10-12/h6-10,15H,3-5,11H2,1-2H3/b14-13-. The Morgan fingerprint density at radius 3 is 2.33 bits per heavy atom. The summed E-state index contributed by atoms with van der Waals surface area (Å²) in [6, 6.07) is 10.1. The summed E-state index contributed by atoms with van der Waals surface area (Å²) in [7, 11) is 0. The molecule has 1 aromatic rings. The summed E-state index contributed by atoms with van der Waals surface area (Å²) in [6.07, 6.45) is 3.87. The summed E-state index contributed by atoms with van der Waals surface area (Å²) in [6.45, 7) is 4.23. The Labute approximate surface area is 92.5 Å². The highest BCUT2D eigenvalue weighted by molar-refractivity contribution is 5.66. The summed E-state index contributed by atoms with van der Waals surface area (Å²) < 4.78 is 0. The molecule has 1 N–H and O–H groups in total. The van der Waals surface area contributed by atoms with Crippen molar-refractivity contribution in [2.45, 2.75) is 39.5 Å². The molecule has 0 bridgehead atoms. The second-order valence-electron chi connectivity index (χ2n) is 3.75. The van der Waals surface area contributed by atoms with Crippen LogP contribution in [-0.2, 0) is 0 Å². The number of allylic oxidation sites excluding steroid dienone is 2. The molecule has 1 heteroatoms. The van der Waals surface area contributed by atoms with E-state index in [-0.39, 0.29) is 0 Å². The molecule has 0 amide bonds. The van der Waals surface area contributed by atoms with Crippen LogP contribution < -0.4 is 0 Å². The predicted octanol–water partition coefficient (Wildman–Crippen LogP) is 4.56. The van der Waals surface area contributed by atoms with Gasteiger partial charge < -0.3 is 5.11 Å². The molecule has 1 nitrogen and oxygen atoms in total. The minimum Gasteiger partial charge on any atom is -0.512 e. The minimum absolute atomic E-state index is 0.561. The van der Waals surface area contributed by atoms with Crippen molar-refractivity contribution in [3.8, 4) is 0 Å². The Hall–Kier alpha value is -1.24. The molecule has 0 saturated carbocycles. The molecule has 1 aromatic carbocycles. The topological polar surface area (TPSA) is 20.2 Å². The number of benzene rings is 1. The third-order valence-electron chi connectivity index (χ3n) is 2.59. The molecular weight excluding hydrogens is 184 g/mol. The molecule has 0 unspecified atom stereocenters. The second kappa shape index (κ2) is 6.28. The van der Waals surface area contributed by atoms with Crippen molar-refractivity contribution in [1.82, 2.24) is 0 Å². The van der Waals surface area contributed by atoms with E-state index in [1.165, 1.54) is 0 Å². The van der Waals surface area contributed by atoms with Crippen molar-refractivity contribution in [2.24, 2.45) is 0 Å². The smallest absolute Gasteiger partial charge is 0.0960 e. The van der Waals surface area contributed by atoms with Gasteiger partial charge in [0, 0.05) is 6.42 Å². The number of aliphatic hydroxyl groups excluding tert-OH is 1. The Kier molecular flexibility index (Phi) is 4.96. The number of rotatable bonds is 5. The van der Waals surface area contributed by atoms with E-state index in [1.54, 1.807) is 0 Å². The van der Waals surface area contributed by atoms with Crippen LogP contribution in [0.2, 0.25) is 0 Å². The van der Waals surface area contributed by atoms with Gasteiger partial charge in [-0.25, -0.2) is 0 Å². The molecule has 15 heavy (non-hydrogen) atoms. The average molecular weight is 204 g/mol. The van der Waals surface area contributed by atoms with E-state index in [0.29, 0.717) is 5.76 Å². The van der Waals surface area contributed by atoms with E-state index in [1.807, 2.05) is 18.2 Å². The largest absolute Gasteiger partial charge is 0.512 e. The minimum atomic E-state index is 0.561. The zero-order valence-electron chi connectivity index (χ0n) is 9.66. The first-order valence-electron chi connectivity index (χ1n) is 5.76. The van der Waals surface area contributed by atoms with E-state index < -0.39 is 0 Å². The molecule has 0 aliphatic carbocycles. The van der Waals surface area contributed by atoms with Crippen LogP contribution >= 0.6 is 0 Å². The first-order valence-corrected chi connectivity index (χ1v) is 5.76. The fourth-order valence-electron chi connectivity index (χ4n) is 1.71. The van der Waals surface area contributed by atoms with Gasteiger partial charge in [-0.1, -0.05) is 50.6 Å². The maximum absolute atomic E-state index is 9.97. The monoisotopic (exact) mass is 204 g/mol. The summed E-state index contributed by atoms with van der Waals surface area (Å²) in [5, 5.41) is 9.97. The van der Waals surface area contributed by atoms with Gasteiger partial charge in [-0.15, -0.1) is 0 Å². The lowest BCUT2D eigenvalue weighted by Gasteiger charge is -2.08. The second-order valence-corrected chi connectivity index (χ2v) is 3.75. The van der Waals surface area contributed by atoms with Gasteiger partial charge in [0.05, 0.1) is 5.76 Å². The molecular formula is C14H20O. The summed E-state index contributed by atoms with van der Waals surface area (Å²) in [4.78, 5) is 0. The Bertz CT molecular complexity index is 311. The van der Waals surface area contributed by atoms with Crippen LogP contribution in [0.4, 0.5) is 0 Å². The molecule has 0 fully saturated rings. The highest BCUT2D eigenvalue weighted by atomic mass is 16.3. The van der Waals surface area contributed by atoms with Gasteiger partial charge >= 0.3 is 0 Å². The maximum atomic E-state index is 9.97. The average Bonchev–Trinajstić information content (AvgIpc) is 2.29. The van der Waals surface area contributed by atoms with Crippen LogP contribution in [0, 0.1) is 0 Å². The van der Waals surface area contributed by atoms with Gasteiger partial charge in [0.1, 0.15) is 0 Å². The highest BCUT2D eigenvalue weighted by Gasteiger charge is 2.05. The number of unbranched alkanes of at least 4 members (excludes halogenated alkanes) is 1. The Morgan fingerprint density at radius 1 is 1.13 bits per heavy atom. The molecule has 0 heterocycles. The van der Waals surface area contributed by atoms with E-state index in [4.69, 9.17) is 0 Å². The van der Waals surface area contributed by atoms with Gasteiger partial charge in [-0.2, -0.15) is 0 Å². The third kappa shape index (κ3) is 3.43. The van der Waals surface area contributed by atoms with Gasteiger partial charge in [0.15, 0.2) is 0 Å². The van der Waals surface area contributed by atoms with Crippen molar-refractivity contribution in [3.63, 3.8) is 0 Å². The maximum Gasteiger partial charge on any atom is 0.0960 e. The lowest BCUT2D eigenvalue weighted by Crippen LogP contribution is -1.91. The van der Waals surface area contributed by atoms with Crippen LogP contribution in [0.25, 0.3) is 5.57 Å². The lowest BCUT2D eigenvalue weighted by molar-refractivity contribution is 0.384. The molecule has 0 aliphatic heterocycles. The van der Waals surface area contributed by atoms with Crippen LogP contribution in [0.5, 0.6) is 0 Å². The fourth-order valence-corrected chi connectivity index (χ4v) is 1.71. The van der Waals surface area contributed by atoms with Crippen molar-refractivity contribution >= 4 is 5.57 Å². The number of aliphatic hydroxyl groups is 1. The highest BCUT2D eigenvalue weighted by Crippen LogP contribution is 2.23. The Morgan fingerprint density at radius 2 is 1.80 bits per heavy atom. The quantitative estimate of drug-likeness (QED) is 0.697. The van der Waals surface area contributed by atoms with Gasteiger partial charge in [0.2, 0.25) is 0 Å². The molecule has 0 saturated heterocycles. The van der Waals surface area contributed by atoms with Crippen molar-refractivity contribution in [2.75, 3.05) is 0 Å². The normalized spacial score (nSPS) is 12.4. The van der Waals surface area contributed by atoms with Gasteiger partial charge in [-0.05, 0) is 24.0 Å². The van der Waals surface area contributed by atoms with Crippen molar-refractivity contribution < 1.29 is 5.11 Å². The molecule has 0 atom stereocenters. The molecule has 82 valence electrons. The predicted molar refractivity (Wildman–Crippen MR) is 65.8 cm³/mol. The van der Waals surface area contributed by atoms with Crippen molar-refractivity contribution in [1.29, 1.82) is 0 Å². The summed E-state index contributed by atoms with van der Waals surface area (Å²) >= 11 is 0. The number of hydrogen-bond acceptors (Lipinski definition) is 1. The SMILES string of the molecule is CCCC/C(O)=C(\CC)c1ccccc1. The Balaban J connectivity index is 2.87. The molecule has 0 spiro atoms. The summed E-state index contributed by atoms with van der Waals surface area (Å²) in [5.41, 5.74) is 2.23. The van der Waals surface area contributed by atoms with Crippen LogP contribution in [0.15, 0.2) is 36.1 Å². The zero-order chi connectivity index (χ0) is 11.1. The third-order valence-corrected chi connectivity index (χ3v) is 2.59. The zero-order valence-corrected chi connectivity index (χ0v) is 9.66. The van der Waals surface area contributed by atoms with E-state index in [0.717, 1.165) is 36.8 Å². The van der Waals surface area contributed by atoms with E-state index in [2.05, 4.69) is 26.0 Å². The molecule has 0 radical (unpaired) electrons. The van der Waals surface area contributed by atoms with E-state index >= 15 is 0 Å². The first kappa shape index (κ1) is 11.8. The van der Waals surface area contributed by atoms with E-state index in [9.17, 15) is 5.11 Å². The summed E-state index contributed by atoms with van der Waals surface area (Å²) in [5.74, 6) is 0.561. The van der Waals surface area contributed by atoms with Crippen LogP contribution in [0.1, 0.15) is 45.1 Å². The molecule has 0 aromatic heterocycles. The van der Waals surface area contributed by atoms with Gasteiger partial charge in [0.25, 0.3) is 0 Å². The lowest BCUT2D eigenvalue weighted by atomic mass is 10.00. The van der Waals surface area contributed by atoms with Crippen LogP contribution in [-0.4, -0.2) is 5.11 Å². The molecule has 0 aliphatic rings. The van der Waals surface area contributed by atoms with Crippen LogP contribution in [0.3, 0.4) is 0 Å². The first-order chi connectivity index (χ1) is 7.29. The molecule has 1 rings (SSSR count). The number of hydrogen-bond donors (Lipinski definition) is 1. The van der Waals surface area contributed by atoms with Crippen molar-refractivity contribution in [3.05, 3.63) is 41.7 Å². The fraction of sp³-hybridized carbons (Fsp3) is 0.429.